The average Bonchev–Trinajstić information content (AvgIpc) is 2.32. The van der Waals surface area contributed by atoms with E-state index in [0.717, 1.165) is 25.1 Å². The third-order valence-corrected chi connectivity index (χ3v) is 3.86. The first-order valence-electron chi connectivity index (χ1n) is 5.86. The van der Waals surface area contributed by atoms with E-state index >= 15 is 0 Å². The van der Waals surface area contributed by atoms with Gasteiger partial charge < -0.3 is 5.32 Å². The Labute approximate surface area is 114 Å². The maximum atomic E-state index is 6.22. The molecule has 0 fully saturated rings. The van der Waals surface area contributed by atoms with Crippen molar-refractivity contribution in [1.82, 2.24) is 10.2 Å². The Morgan fingerprint density at radius 2 is 2.06 bits per heavy atom. The predicted molar refractivity (Wildman–Crippen MR) is 76.1 cm³/mol. The summed E-state index contributed by atoms with van der Waals surface area (Å²) in [5.74, 6) is 0. The fourth-order valence-corrected chi connectivity index (χ4v) is 2.25. The van der Waals surface area contributed by atoms with Crippen molar-refractivity contribution in [2.45, 2.75) is 19.4 Å². The molecule has 96 valence electrons. The highest BCUT2D eigenvalue weighted by molar-refractivity contribution is 6.42. The lowest BCUT2D eigenvalue weighted by Crippen LogP contribution is -2.26. The first-order chi connectivity index (χ1) is 8.07. The van der Waals surface area contributed by atoms with Gasteiger partial charge in [0.1, 0.15) is 0 Å². The van der Waals surface area contributed by atoms with Crippen molar-refractivity contribution in [1.29, 1.82) is 0 Å². The van der Waals surface area contributed by atoms with Crippen LogP contribution in [-0.2, 0) is 0 Å². The van der Waals surface area contributed by atoms with E-state index in [1.54, 1.807) is 0 Å². The lowest BCUT2D eigenvalue weighted by Gasteiger charge is -2.26. The minimum Gasteiger partial charge on any atom is -0.320 e. The van der Waals surface area contributed by atoms with Gasteiger partial charge in [-0.15, -0.1) is 0 Å². The lowest BCUT2D eigenvalue weighted by atomic mass is 10.1. The van der Waals surface area contributed by atoms with Crippen LogP contribution in [0.1, 0.15) is 24.9 Å². The zero-order valence-corrected chi connectivity index (χ0v) is 12.1. The summed E-state index contributed by atoms with van der Waals surface area (Å²) in [4.78, 5) is 2.29. The summed E-state index contributed by atoms with van der Waals surface area (Å²) in [5, 5.41) is 4.44. The first kappa shape index (κ1) is 14.8. The van der Waals surface area contributed by atoms with Crippen LogP contribution >= 0.6 is 23.2 Å². The molecule has 0 aromatic heterocycles. The summed E-state index contributed by atoms with van der Waals surface area (Å²) in [6, 6.07) is 6.08. The molecule has 1 unspecified atom stereocenters. The number of benzene rings is 1. The molecule has 0 radical (unpaired) electrons. The quantitative estimate of drug-likeness (QED) is 0.798. The van der Waals surface area contributed by atoms with Gasteiger partial charge in [0.25, 0.3) is 0 Å². The molecular formula is C13H20Cl2N2. The SMILES string of the molecule is CNCCCN(C)C(C)c1cccc(Cl)c1Cl. The highest BCUT2D eigenvalue weighted by atomic mass is 35.5. The lowest BCUT2D eigenvalue weighted by molar-refractivity contribution is 0.258. The Morgan fingerprint density at radius 3 is 2.71 bits per heavy atom. The van der Waals surface area contributed by atoms with Gasteiger partial charge in [-0.25, -0.2) is 0 Å². The number of rotatable bonds is 6. The van der Waals surface area contributed by atoms with Crippen LogP contribution in [0, 0.1) is 0 Å². The van der Waals surface area contributed by atoms with Gasteiger partial charge >= 0.3 is 0 Å². The van der Waals surface area contributed by atoms with E-state index in [-0.39, 0.29) is 6.04 Å². The first-order valence-corrected chi connectivity index (χ1v) is 6.62. The van der Waals surface area contributed by atoms with Crippen LogP contribution in [-0.4, -0.2) is 32.1 Å². The number of nitrogens with one attached hydrogen (secondary N) is 1. The van der Waals surface area contributed by atoms with E-state index in [0.29, 0.717) is 10.0 Å². The van der Waals surface area contributed by atoms with Crippen molar-refractivity contribution in [3.63, 3.8) is 0 Å². The smallest absolute Gasteiger partial charge is 0.0640 e. The Bertz CT molecular complexity index is 355. The summed E-state index contributed by atoms with van der Waals surface area (Å²) in [5.41, 5.74) is 1.09. The van der Waals surface area contributed by atoms with Gasteiger partial charge in [0.2, 0.25) is 0 Å². The van der Waals surface area contributed by atoms with Crippen molar-refractivity contribution in [2.24, 2.45) is 0 Å². The van der Waals surface area contributed by atoms with E-state index < -0.39 is 0 Å². The topological polar surface area (TPSA) is 15.3 Å². The fraction of sp³-hybridized carbons (Fsp3) is 0.538. The van der Waals surface area contributed by atoms with Gasteiger partial charge in [-0.3, -0.25) is 4.90 Å². The van der Waals surface area contributed by atoms with Crippen LogP contribution < -0.4 is 5.32 Å². The number of hydrogen-bond acceptors (Lipinski definition) is 2. The maximum Gasteiger partial charge on any atom is 0.0640 e. The zero-order chi connectivity index (χ0) is 12.8. The Hall–Kier alpha value is -0.280. The van der Waals surface area contributed by atoms with Gasteiger partial charge in [0.15, 0.2) is 0 Å². The molecule has 0 saturated heterocycles. The molecule has 1 rings (SSSR count). The monoisotopic (exact) mass is 274 g/mol. The molecule has 0 saturated carbocycles. The average molecular weight is 275 g/mol. The number of hydrogen-bond donors (Lipinski definition) is 1. The van der Waals surface area contributed by atoms with Gasteiger partial charge in [0, 0.05) is 6.04 Å². The van der Waals surface area contributed by atoms with E-state index in [4.69, 9.17) is 23.2 Å². The van der Waals surface area contributed by atoms with Crippen LogP contribution in [0.3, 0.4) is 0 Å². The highest BCUT2D eigenvalue weighted by Crippen LogP contribution is 2.31. The van der Waals surface area contributed by atoms with Crippen LogP contribution in [0.15, 0.2) is 18.2 Å². The van der Waals surface area contributed by atoms with Gasteiger partial charge in [0.05, 0.1) is 10.0 Å². The molecule has 2 nitrogen and oxygen atoms in total. The Kier molecular flexibility index (Phi) is 6.28. The van der Waals surface area contributed by atoms with Crippen molar-refractivity contribution in [3.8, 4) is 0 Å². The van der Waals surface area contributed by atoms with E-state index in [9.17, 15) is 0 Å². The molecule has 0 amide bonds. The molecule has 1 N–H and O–H groups in total. The second kappa shape index (κ2) is 7.22. The molecular weight excluding hydrogens is 255 g/mol. The Balaban J connectivity index is 2.68. The normalized spacial score (nSPS) is 13.1. The minimum absolute atomic E-state index is 0.276. The summed E-state index contributed by atoms with van der Waals surface area (Å²) in [6.45, 7) is 4.21. The van der Waals surface area contributed by atoms with Gasteiger partial charge in [-0.2, -0.15) is 0 Å². The number of halogens is 2. The molecule has 0 aliphatic rings. The van der Waals surface area contributed by atoms with E-state index in [1.165, 1.54) is 0 Å². The van der Waals surface area contributed by atoms with Crippen molar-refractivity contribution in [3.05, 3.63) is 33.8 Å². The van der Waals surface area contributed by atoms with E-state index in [1.807, 2.05) is 25.2 Å². The third kappa shape index (κ3) is 4.14. The van der Waals surface area contributed by atoms with Crippen LogP contribution in [0.4, 0.5) is 0 Å². The predicted octanol–water partition coefficient (Wildman–Crippen LogP) is 3.60. The van der Waals surface area contributed by atoms with Gasteiger partial charge in [-0.05, 0) is 52.2 Å². The molecule has 17 heavy (non-hydrogen) atoms. The van der Waals surface area contributed by atoms with Crippen LogP contribution in [0.2, 0.25) is 10.0 Å². The van der Waals surface area contributed by atoms with Crippen LogP contribution in [0.25, 0.3) is 0 Å². The second-order valence-electron chi connectivity index (χ2n) is 4.26. The molecule has 4 heteroatoms. The van der Waals surface area contributed by atoms with Crippen LogP contribution in [0.5, 0.6) is 0 Å². The second-order valence-corrected chi connectivity index (χ2v) is 5.04. The number of nitrogens with zero attached hydrogens (tertiary/aromatic N) is 1. The maximum absolute atomic E-state index is 6.22. The minimum atomic E-state index is 0.276. The molecule has 0 spiro atoms. The molecule has 1 atom stereocenters. The largest absolute Gasteiger partial charge is 0.320 e. The zero-order valence-electron chi connectivity index (χ0n) is 10.6. The fourth-order valence-electron chi connectivity index (χ4n) is 1.78. The van der Waals surface area contributed by atoms with Crippen molar-refractivity contribution >= 4 is 23.2 Å². The summed E-state index contributed by atoms with van der Waals surface area (Å²) in [7, 11) is 4.08. The molecule has 1 aromatic rings. The molecule has 0 aliphatic heterocycles. The molecule has 1 aromatic carbocycles. The molecule has 0 heterocycles. The summed E-state index contributed by atoms with van der Waals surface area (Å²) < 4.78 is 0. The third-order valence-electron chi connectivity index (χ3n) is 3.03. The van der Waals surface area contributed by atoms with E-state index in [2.05, 4.69) is 24.2 Å². The summed E-state index contributed by atoms with van der Waals surface area (Å²) >= 11 is 12.3. The van der Waals surface area contributed by atoms with Gasteiger partial charge in [-0.1, -0.05) is 35.3 Å². The Morgan fingerprint density at radius 1 is 1.35 bits per heavy atom. The molecule has 0 bridgehead atoms. The van der Waals surface area contributed by atoms with Crippen molar-refractivity contribution in [2.75, 3.05) is 27.2 Å². The highest BCUT2D eigenvalue weighted by Gasteiger charge is 2.15. The molecule has 0 aliphatic carbocycles. The van der Waals surface area contributed by atoms with Crippen molar-refractivity contribution < 1.29 is 0 Å². The standard InChI is InChI=1S/C13H20Cl2N2/c1-10(17(3)9-5-8-16-2)11-6-4-7-12(14)13(11)15/h4,6-7,10,16H,5,8-9H2,1-3H3. The summed E-state index contributed by atoms with van der Waals surface area (Å²) in [6.07, 6.45) is 1.12.